The molecule has 0 spiro atoms. The van der Waals surface area contributed by atoms with Crippen LogP contribution in [-0.4, -0.2) is 40.4 Å². The third-order valence-corrected chi connectivity index (χ3v) is 4.71. The highest BCUT2D eigenvalue weighted by Crippen LogP contribution is 2.21. The third kappa shape index (κ3) is 3.30. The van der Waals surface area contributed by atoms with E-state index in [9.17, 15) is 0 Å². The summed E-state index contributed by atoms with van der Waals surface area (Å²) in [5, 5.41) is 8.92. The molecule has 2 heterocycles. The Kier molecular flexibility index (Phi) is 4.87. The number of halogens is 1. The average Bonchev–Trinajstić information content (AvgIpc) is 2.67. The largest absolute Gasteiger partial charge is 0.308 e. The van der Waals surface area contributed by atoms with Gasteiger partial charge in [0.05, 0.1) is 16.4 Å². The van der Waals surface area contributed by atoms with Crippen molar-refractivity contribution in [3.8, 4) is 0 Å². The maximum Gasteiger partial charge on any atom is 0.0860 e. The number of piperidine rings is 1. The monoisotopic (exact) mass is 284 g/mol. The molecule has 0 aliphatic carbocycles. The lowest BCUT2D eigenvalue weighted by Gasteiger charge is -2.35. The summed E-state index contributed by atoms with van der Waals surface area (Å²) in [6.07, 6.45) is 2.41. The van der Waals surface area contributed by atoms with E-state index in [2.05, 4.69) is 36.2 Å². The fraction of sp³-hybridized carbons (Fsp3) is 0.786. The standard InChI is InChI=1S/C14H25ClN4/c1-5-19-13(14(15)11(3)17-19)9-16-12-6-7-18(4)10(2)8-12/h10,12,16H,5-9H2,1-4H3. The molecule has 108 valence electrons. The molecule has 1 aromatic heterocycles. The van der Waals surface area contributed by atoms with E-state index in [4.69, 9.17) is 11.6 Å². The summed E-state index contributed by atoms with van der Waals surface area (Å²) in [6, 6.07) is 1.24. The molecule has 2 rings (SSSR count). The summed E-state index contributed by atoms with van der Waals surface area (Å²) in [6.45, 7) is 9.21. The van der Waals surface area contributed by atoms with Gasteiger partial charge >= 0.3 is 0 Å². The lowest BCUT2D eigenvalue weighted by atomic mass is 9.99. The van der Waals surface area contributed by atoms with Crippen LogP contribution >= 0.6 is 11.6 Å². The Morgan fingerprint density at radius 1 is 1.47 bits per heavy atom. The van der Waals surface area contributed by atoms with E-state index >= 15 is 0 Å². The second-order valence-corrected chi connectivity index (χ2v) is 5.97. The van der Waals surface area contributed by atoms with Gasteiger partial charge in [0.25, 0.3) is 0 Å². The van der Waals surface area contributed by atoms with Crippen molar-refractivity contribution in [2.75, 3.05) is 13.6 Å². The first kappa shape index (κ1) is 14.8. The number of nitrogens with one attached hydrogen (secondary N) is 1. The van der Waals surface area contributed by atoms with Crippen molar-refractivity contribution in [1.82, 2.24) is 20.0 Å². The minimum atomic E-state index is 0.586. The molecule has 1 fully saturated rings. The van der Waals surface area contributed by atoms with Gasteiger partial charge in [0.15, 0.2) is 0 Å². The lowest BCUT2D eigenvalue weighted by molar-refractivity contribution is 0.167. The predicted molar refractivity (Wildman–Crippen MR) is 79.6 cm³/mol. The molecule has 1 aliphatic heterocycles. The Morgan fingerprint density at radius 3 is 2.84 bits per heavy atom. The van der Waals surface area contributed by atoms with E-state index in [1.807, 2.05) is 11.6 Å². The smallest absolute Gasteiger partial charge is 0.0860 e. The number of aryl methyl sites for hydroxylation is 2. The zero-order valence-corrected chi connectivity index (χ0v) is 13.2. The number of hydrogen-bond donors (Lipinski definition) is 1. The molecular weight excluding hydrogens is 260 g/mol. The highest BCUT2D eigenvalue weighted by molar-refractivity contribution is 6.31. The quantitative estimate of drug-likeness (QED) is 0.922. The maximum absolute atomic E-state index is 6.33. The summed E-state index contributed by atoms with van der Waals surface area (Å²) in [5.41, 5.74) is 2.05. The molecule has 2 atom stereocenters. The Hall–Kier alpha value is -0.580. The van der Waals surface area contributed by atoms with Gasteiger partial charge in [-0.05, 0) is 47.2 Å². The van der Waals surface area contributed by atoms with Crippen LogP contribution in [0.25, 0.3) is 0 Å². The van der Waals surface area contributed by atoms with Gasteiger partial charge in [-0.3, -0.25) is 4.68 Å². The molecule has 19 heavy (non-hydrogen) atoms. The predicted octanol–water partition coefficient (Wildman–Crippen LogP) is 2.44. The van der Waals surface area contributed by atoms with Crippen molar-refractivity contribution in [2.45, 2.75) is 58.8 Å². The zero-order chi connectivity index (χ0) is 14.0. The number of likely N-dealkylation sites (tertiary alicyclic amines) is 1. The van der Waals surface area contributed by atoms with Crippen LogP contribution in [0.1, 0.15) is 38.1 Å². The van der Waals surface area contributed by atoms with Gasteiger partial charge in [-0.1, -0.05) is 11.6 Å². The lowest BCUT2D eigenvalue weighted by Crippen LogP contribution is -2.45. The molecule has 1 N–H and O–H groups in total. The van der Waals surface area contributed by atoms with Crippen LogP contribution in [0.2, 0.25) is 5.02 Å². The minimum absolute atomic E-state index is 0.586. The Balaban J connectivity index is 1.96. The zero-order valence-electron chi connectivity index (χ0n) is 12.4. The summed E-state index contributed by atoms with van der Waals surface area (Å²) >= 11 is 6.33. The average molecular weight is 285 g/mol. The van der Waals surface area contributed by atoms with Gasteiger partial charge in [-0.2, -0.15) is 5.10 Å². The highest BCUT2D eigenvalue weighted by atomic mass is 35.5. The van der Waals surface area contributed by atoms with Gasteiger partial charge in [-0.25, -0.2) is 0 Å². The molecule has 1 saturated heterocycles. The van der Waals surface area contributed by atoms with E-state index < -0.39 is 0 Å². The van der Waals surface area contributed by atoms with Crippen LogP contribution in [-0.2, 0) is 13.1 Å². The summed E-state index contributed by atoms with van der Waals surface area (Å²) in [5.74, 6) is 0. The van der Waals surface area contributed by atoms with Crippen LogP contribution in [0.3, 0.4) is 0 Å². The molecule has 2 unspecified atom stereocenters. The van der Waals surface area contributed by atoms with E-state index in [0.29, 0.717) is 12.1 Å². The van der Waals surface area contributed by atoms with Crippen molar-refractivity contribution >= 4 is 11.6 Å². The molecule has 0 aromatic carbocycles. The first-order valence-corrected chi connectivity index (χ1v) is 7.56. The van der Waals surface area contributed by atoms with Gasteiger partial charge in [0, 0.05) is 25.2 Å². The van der Waals surface area contributed by atoms with Crippen molar-refractivity contribution in [2.24, 2.45) is 0 Å². The number of hydrogen-bond acceptors (Lipinski definition) is 3. The summed E-state index contributed by atoms with van der Waals surface area (Å²) in [7, 11) is 2.20. The molecule has 0 bridgehead atoms. The maximum atomic E-state index is 6.33. The first-order valence-electron chi connectivity index (χ1n) is 7.18. The topological polar surface area (TPSA) is 33.1 Å². The van der Waals surface area contributed by atoms with E-state index in [-0.39, 0.29) is 0 Å². The molecule has 0 radical (unpaired) electrons. The fourth-order valence-electron chi connectivity index (χ4n) is 2.75. The minimum Gasteiger partial charge on any atom is -0.308 e. The van der Waals surface area contributed by atoms with Crippen molar-refractivity contribution in [3.63, 3.8) is 0 Å². The molecule has 5 heteroatoms. The van der Waals surface area contributed by atoms with Crippen molar-refractivity contribution < 1.29 is 0 Å². The normalized spacial score (nSPS) is 24.9. The second kappa shape index (κ2) is 6.25. The van der Waals surface area contributed by atoms with Crippen molar-refractivity contribution in [3.05, 3.63) is 16.4 Å². The molecule has 4 nitrogen and oxygen atoms in total. The van der Waals surface area contributed by atoms with Gasteiger partial charge < -0.3 is 10.2 Å². The third-order valence-electron chi connectivity index (χ3n) is 4.22. The summed E-state index contributed by atoms with van der Waals surface area (Å²) < 4.78 is 2.00. The Labute approximate surface area is 121 Å². The Morgan fingerprint density at radius 2 is 2.21 bits per heavy atom. The van der Waals surface area contributed by atoms with Gasteiger partial charge in [0.2, 0.25) is 0 Å². The van der Waals surface area contributed by atoms with Crippen LogP contribution in [0, 0.1) is 6.92 Å². The van der Waals surface area contributed by atoms with E-state index in [0.717, 1.165) is 29.5 Å². The van der Waals surface area contributed by atoms with Crippen LogP contribution in [0.4, 0.5) is 0 Å². The first-order chi connectivity index (χ1) is 9.02. The SMILES string of the molecule is CCn1nc(C)c(Cl)c1CNC1CCN(C)C(C)C1. The van der Waals surface area contributed by atoms with Crippen molar-refractivity contribution in [1.29, 1.82) is 0 Å². The number of nitrogens with zero attached hydrogens (tertiary/aromatic N) is 3. The fourth-order valence-corrected chi connectivity index (χ4v) is 2.96. The molecular formula is C14H25ClN4. The molecule has 0 amide bonds. The summed E-state index contributed by atoms with van der Waals surface area (Å²) in [4.78, 5) is 2.42. The van der Waals surface area contributed by atoms with E-state index in [1.54, 1.807) is 0 Å². The number of rotatable bonds is 4. The molecule has 0 saturated carbocycles. The van der Waals surface area contributed by atoms with Crippen LogP contribution in [0.5, 0.6) is 0 Å². The van der Waals surface area contributed by atoms with E-state index in [1.165, 1.54) is 19.4 Å². The van der Waals surface area contributed by atoms with Crippen LogP contribution in [0.15, 0.2) is 0 Å². The van der Waals surface area contributed by atoms with Gasteiger partial charge in [-0.15, -0.1) is 0 Å². The van der Waals surface area contributed by atoms with Crippen LogP contribution < -0.4 is 5.32 Å². The highest BCUT2D eigenvalue weighted by Gasteiger charge is 2.23. The second-order valence-electron chi connectivity index (χ2n) is 5.59. The Bertz CT molecular complexity index is 429. The number of aromatic nitrogens is 2. The molecule has 1 aromatic rings. The molecule has 1 aliphatic rings. The van der Waals surface area contributed by atoms with Gasteiger partial charge in [0.1, 0.15) is 0 Å².